The summed E-state index contributed by atoms with van der Waals surface area (Å²) in [6, 6.07) is -1.13. The van der Waals surface area contributed by atoms with Crippen molar-refractivity contribution in [2.45, 2.75) is 37.4 Å². The number of carbonyl (C=O) groups excluding carboxylic acids is 2. The summed E-state index contributed by atoms with van der Waals surface area (Å²) in [4.78, 5) is 64.6. The molecule has 4 rings (SSSR count). The van der Waals surface area contributed by atoms with Crippen LogP contribution in [-0.2, 0) is 30.6 Å². The number of nitrogens with one attached hydrogen (secondary N) is 2. The number of nitrogen functional groups attached to an aromatic ring is 2. The second kappa shape index (κ2) is 13.7. The number of aromatic nitrogens is 3. The molecule has 0 spiro atoms. The number of nitrogens with two attached hydrogens (primary N) is 3. The quantitative estimate of drug-likeness (QED) is 0.0613. The fourth-order valence-corrected chi connectivity index (χ4v) is 6.31. The van der Waals surface area contributed by atoms with Gasteiger partial charge in [0.25, 0.3) is 24.0 Å². The average molecular weight is 682 g/mol. The number of hydrogen-bond donors (Lipinski definition) is 7. The molecule has 240 valence electrons. The molecule has 1 saturated heterocycles. The Hall–Kier alpha value is -4.46. The van der Waals surface area contributed by atoms with Crippen molar-refractivity contribution in [2.75, 3.05) is 35.6 Å². The van der Waals surface area contributed by atoms with Crippen LogP contribution in [0.2, 0.25) is 4.34 Å². The van der Waals surface area contributed by atoms with E-state index >= 15 is 0 Å². The van der Waals surface area contributed by atoms with Crippen LogP contribution in [0.1, 0.15) is 19.5 Å². The molecule has 0 aromatic carbocycles. The van der Waals surface area contributed by atoms with Crippen molar-refractivity contribution >= 4 is 80.8 Å². The van der Waals surface area contributed by atoms with E-state index in [0.717, 1.165) is 16.2 Å². The van der Waals surface area contributed by atoms with E-state index in [0.29, 0.717) is 36.7 Å². The fourth-order valence-electron chi connectivity index (χ4n) is 4.07. The van der Waals surface area contributed by atoms with Crippen LogP contribution < -0.4 is 32.4 Å². The number of thioether (sulfide) groups is 1. The number of amides is 2. The predicted molar refractivity (Wildman–Crippen MR) is 166 cm³/mol. The third kappa shape index (κ3) is 7.27. The van der Waals surface area contributed by atoms with Crippen LogP contribution in [0.3, 0.4) is 0 Å². The van der Waals surface area contributed by atoms with Crippen LogP contribution in [0.4, 0.5) is 16.6 Å². The van der Waals surface area contributed by atoms with Gasteiger partial charge in [-0.05, 0) is 30.5 Å². The minimum atomic E-state index is -1.82. The van der Waals surface area contributed by atoms with Crippen LogP contribution in [0.15, 0.2) is 41.1 Å². The molecule has 2 aromatic rings. The molecule has 2 aliphatic rings. The van der Waals surface area contributed by atoms with Gasteiger partial charge in [-0.3, -0.25) is 14.5 Å². The predicted octanol–water partition coefficient (Wildman–Crippen LogP) is -0.407. The number of oxime groups is 1. The van der Waals surface area contributed by atoms with E-state index in [1.807, 2.05) is 0 Å². The summed E-state index contributed by atoms with van der Waals surface area (Å²) in [5.74, 6) is -3.78. The van der Waals surface area contributed by atoms with Crippen molar-refractivity contribution in [3.05, 3.63) is 46.0 Å². The number of fused-ring (bicyclic) bond motifs is 1. The maximum atomic E-state index is 13.3. The lowest BCUT2D eigenvalue weighted by Crippen LogP contribution is -2.71. The van der Waals surface area contributed by atoms with Crippen molar-refractivity contribution in [3.8, 4) is 0 Å². The molecular weight excluding hydrogens is 652 g/mol. The normalized spacial score (nSPS) is 18.4. The number of carboxylic acid groups (broad SMARTS) is 2. The first-order valence-electron chi connectivity index (χ1n) is 13.1. The number of β-lactam (4-membered cyclic amide) rings is 1. The summed E-state index contributed by atoms with van der Waals surface area (Å²) in [6.45, 7) is 3.66. The minimum absolute atomic E-state index is 0.00769. The third-order valence-electron chi connectivity index (χ3n) is 6.42. The topological polar surface area (TPSA) is 265 Å². The van der Waals surface area contributed by atoms with Gasteiger partial charge in [0.05, 0.1) is 0 Å². The molecule has 17 nitrogen and oxygen atoms in total. The highest BCUT2D eigenvalue weighted by Gasteiger charge is 2.54. The van der Waals surface area contributed by atoms with Crippen LogP contribution in [-0.4, -0.2) is 90.4 Å². The average Bonchev–Trinajstić information content (AvgIpc) is 3.32. The molecule has 0 saturated carbocycles. The lowest BCUT2D eigenvalue weighted by atomic mass is 10.0. The Kier molecular flexibility index (Phi) is 10.2. The third-order valence-corrected chi connectivity index (χ3v) is 8.81. The van der Waals surface area contributed by atoms with Crippen molar-refractivity contribution in [3.63, 3.8) is 0 Å². The van der Waals surface area contributed by atoms with Crippen molar-refractivity contribution in [1.29, 1.82) is 0 Å². The Bertz CT molecular complexity index is 1630. The Morgan fingerprint density at radius 3 is 2.69 bits per heavy atom. The summed E-state index contributed by atoms with van der Waals surface area (Å²) in [7, 11) is 0. The molecular formula is C25H30ClN10O7S2+. The molecule has 20 heteroatoms. The standard InChI is InChI=1S/C25H29ClN10O7S2/c1-25(2,23(41)42)43-34-14(13-17(26)45-24(29)33-13)19(37)32-15-20(38)36-16(22(39)40)11(9-44-21(15)36)4-3-7-35-8-12(30-6-5-27)18(28)31-10-35/h3-4,8,10,15,21,28,30H,5-7,9,27H2,1-2H3,(H5,29,32,33,37,39,40,41,42)/p+1/b4-3+,34-14-/t15-,21?/m1/s1. The van der Waals surface area contributed by atoms with Gasteiger partial charge in [0.15, 0.2) is 10.8 Å². The summed E-state index contributed by atoms with van der Waals surface area (Å²) in [5.41, 5.74) is 15.4. The zero-order chi connectivity index (χ0) is 33.1. The molecule has 2 aliphatic heterocycles. The molecule has 2 aromatic heterocycles. The maximum absolute atomic E-state index is 13.3. The summed E-state index contributed by atoms with van der Waals surface area (Å²) >= 11 is 8.27. The van der Waals surface area contributed by atoms with E-state index in [4.69, 9.17) is 33.6 Å². The number of aliphatic carboxylic acids is 2. The fraction of sp³-hybridized carbons (Fsp3) is 0.360. The number of carboxylic acids is 2. The highest BCUT2D eigenvalue weighted by molar-refractivity contribution is 8.00. The molecule has 0 aliphatic carbocycles. The number of anilines is 3. The van der Waals surface area contributed by atoms with Gasteiger partial charge in [0, 0.05) is 18.8 Å². The van der Waals surface area contributed by atoms with Crippen molar-refractivity contribution in [2.24, 2.45) is 10.9 Å². The van der Waals surface area contributed by atoms with Gasteiger partial charge in [-0.1, -0.05) is 34.2 Å². The summed E-state index contributed by atoms with van der Waals surface area (Å²) in [5, 5.41) is 27.9. The maximum Gasteiger partial charge on any atom is 0.352 e. The van der Waals surface area contributed by atoms with Crippen molar-refractivity contribution in [1.82, 2.24) is 20.2 Å². The van der Waals surface area contributed by atoms with E-state index in [1.54, 1.807) is 22.9 Å². The Morgan fingerprint density at radius 2 is 2.07 bits per heavy atom. The van der Waals surface area contributed by atoms with Crippen LogP contribution in [0.25, 0.3) is 0 Å². The summed E-state index contributed by atoms with van der Waals surface area (Å²) in [6.07, 6.45) is 6.60. The first-order chi connectivity index (χ1) is 21.2. The van der Waals surface area contributed by atoms with E-state index in [-0.39, 0.29) is 26.6 Å². The van der Waals surface area contributed by atoms with Gasteiger partial charge in [0.2, 0.25) is 5.60 Å². The van der Waals surface area contributed by atoms with Gasteiger partial charge in [-0.2, -0.15) is 0 Å². The monoisotopic (exact) mass is 681 g/mol. The Morgan fingerprint density at radius 1 is 1.33 bits per heavy atom. The second-order valence-corrected chi connectivity index (χ2v) is 12.8. The number of allylic oxidation sites excluding steroid dienone is 2. The molecule has 2 atom stereocenters. The zero-order valence-corrected chi connectivity index (χ0v) is 26.3. The highest BCUT2D eigenvalue weighted by atomic mass is 35.5. The lowest BCUT2D eigenvalue weighted by molar-refractivity contribution is -0.689. The number of rotatable bonds is 13. The first-order valence-corrected chi connectivity index (χ1v) is 15.4. The largest absolute Gasteiger partial charge is 0.478 e. The molecule has 1 fully saturated rings. The molecule has 45 heavy (non-hydrogen) atoms. The minimum Gasteiger partial charge on any atom is -0.478 e. The molecule has 0 bridgehead atoms. The van der Waals surface area contributed by atoms with Crippen LogP contribution in [0.5, 0.6) is 0 Å². The molecule has 1 unspecified atom stereocenters. The zero-order valence-electron chi connectivity index (χ0n) is 23.9. The van der Waals surface area contributed by atoms with E-state index in [2.05, 4.69) is 25.8 Å². The van der Waals surface area contributed by atoms with Crippen LogP contribution >= 0.6 is 34.7 Å². The van der Waals surface area contributed by atoms with Gasteiger partial charge < -0.3 is 42.9 Å². The Labute approximate surface area is 269 Å². The second-order valence-electron chi connectivity index (χ2n) is 10.0. The molecule has 10 N–H and O–H groups in total. The van der Waals surface area contributed by atoms with E-state index < -0.39 is 46.5 Å². The number of nitrogens with zero attached hydrogens (tertiary/aromatic N) is 5. The van der Waals surface area contributed by atoms with Gasteiger partial charge in [-0.25, -0.2) is 19.1 Å². The van der Waals surface area contributed by atoms with Gasteiger partial charge in [0.1, 0.15) is 45.6 Å². The SMILES string of the molecule is CC(C)(O/N=C(\C(=O)N[C@@H]1C(=O)N2C(C(=O)O)=C(/C=C/C[n+]3cnc(N)c(NCCN)c3)CSC12)c1nc(N)sc1Cl)C(=O)O. The summed E-state index contributed by atoms with van der Waals surface area (Å²) < 4.78 is 1.71. The van der Waals surface area contributed by atoms with Crippen LogP contribution in [0, 0.1) is 0 Å². The smallest absolute Gasteiger partial charge is 0.352 e. The number of carbonyl (C=O) groups is 4. The highest BCUT2D eigenvalue weighted by Crippen LogP contribution is 2.40. The molecule has 4 heterocycles. The lowest BCUT2D eigenvalue weighted by Gasteiger charge is -2.49. The number of hydrogen-bond acceptors (Lipinski definition) is 14. The number of halogens is 1. The number of thiazole rings is 1. The van der Waals surface area contributed by atoms with E-state index in [9.17, 15) is 29.4 Å². The van der Waals surface area contributed by atoms with Gasteiger partial charge >= 0.3 is 11.9 Å². The van der Waals surface area contributed by atoms with Gasteiger partial charge in [-0.15, -0.1) is 11.8 Å². The first kappa shape index (κ1) is 33.4. The molecule has 2 amide bonds. The Balaban J connectivity index is 1.52. The van der Waals surface area contributed by atoms with Crippen molar-refractivity contribution < 1.29 is 38.8 Å². The van der Waals surface area contributed by atoms with E-state index in [1.165, 1.54) is 31.9 Å². The molecule has 0 radical (unpaired) electrons.